The van der Waals surface area contributed by atoms with Crippen LogP contribution in [0.1, 0.15) is 21.9 Å². The van der Waals surface area contributed by atoms with E-state index in [9.17, 15) is 4.79 Å². The molecule has 0 fully saturated rings. The molecule has 5 heteroatoms. The normalized spacial score (nSPS) is 10.4. The molecule has 0 aliphatic carbocycles. The molecule has 1 heterocycles. The van der Waals surface area contributed by atoms with Gasteiger partial charge in [-0.25, -0.2) is 4.79 Å². The number of aryl methyl sites for hydroxylation is 1. The van der Waals surface area contributed by atoms with Gasteiger partial charge in [0.25, 0.3) is 0 Å². The minimum atomic E-state index is -0.962. The number of hydrogen-bond donors (Lipinski definition) is 3. The van der Waals surface area contributed by atoms with Crippen LogP contribution in [0.2, 0.25) is 0 Å². The molecule has 0 aliphatic rings. The second-order valence-electron chi connectivity index (χ2n) is 2.95. The van der Waals surface area contributed by atoms with Crippen LogP contribution in [0.4, 0.5) is 0 Å². The SMILES string of the molecule is Cc1oc(CNCCN)cc1C(=O)O. The lowest BCUT2D eigenvalue weighted by Gasteiger charge is -1.97. The van der Waals surface area contributed by atoms with Crippen molar-refractivity contribution in [2.45, 2.75) is 13.5 Å². The van der Waals surface area contributed by atoms with Crippen molar-refractivity contribution in [2.75, 3.05) is 13.1 Å². The topological polar surface area (TPSA) is 88.5 Å². The molecule has 1 aromatic rings. The lowest BCUT2D eigenvalue weighted by atomic mass is 10.2. The monoisotopic (exact) mass is 198 g/mol. The molecule has 5 nitrogen and oxygen atoms in total. The second-order valence-corrected chi connectivity index (χ2v) is 2.95. The number of nitrogens with one attached hydrogen (secondary N) is 1. The van der Waals surface area contributed by atoms with Gasteiger partial charge in [-0.15, -0.1) is 0 Å². The molecule has 14 heavy (non-hydrogen) atoms. The Bertz CT molecular complexity index is 320. The van der Waals surface area contributed by atoms with E-state index in [1.807, 2.05) is 0 Å². The maximum absolute atomic E-state index is 10.7. The van der Waals surface area contributed by atoms with Gasteiger partial charge in [0.05, 0.1) is 6.54 Å². The molecule has 0 saturated carbocycles. The summed E-state index contributed by atoms with van der Waals surface area (Å²) < 4.78 is 5.24. The van der Waals surface area contributed by atoms with Crippen LogP contribution in [0.15, 0.2) is 10.5 Å². The number of nitrogens with two attached hydrogens (primary N) is 1. The van der Waals surface area contributed by atoms with Gasteiger partial charge in [-0.1, -0.05) is 0 Å². The first-order valence-corrected chi connectivity index (χ1v) is 4.38. The van der Waals surface area contributed by atoms with Crippen LogP contribution in [-0.2, 0) is 6.54 Å². The minimum absolute atomic E-state index is 0.217. The molecule has 1 rings (SSSR count). The van der Waals surface area contributed by atoms with Crippen molar-refractivity contribution in [1.82, 2.24) is 5.32 Å². The Balaban J connectivity index is 2.62. The van der Waals surface area contributed by atoms with E-state index in [1.165, 1.54) is 6.07 Å². The van der Waals surface area contributed by atoms with Gasteiger partial charge < -0.3 is 20.6 Å². The summed E-state index contributed by atoms with van der Waals surface area (Å²) in [6.45, 7) is 3.37. The summed E-state index contributed by atoms with van der Waals surface area (Å²) in [5.74, 6) is 0.0896. The van der Waals surface area contributed by atoms with E-state index < -0.39 is 5.97 Å². The van der Waals surface area contributed by atoms with Crippen LogP contribution >= 0.6 is 0 Å². The van der Waals surface area contributed by atoms with E-state index in [4.69, 9.17) is 15.3 Å². The summed E-state index contributed by atoms with van der Waals surface area (Å²) >= 11 is 0. The van der Waals surface area contributed by atoms with Gasteiger partial charge in [0.15, 0.2) is 0 Å². The van der Waals surface area contributed by atoms with E-state index in [1.54, 1.807) is 6.92 Å². The molecular formula is C9H14N2O3. The zero-order valence-corrected chi connectivity index (χ0v) is 8.04. The first kappa shape index (κ1) is 10.7. The fourth-order valence-corrected chi connectivity index (χ4v) is 1.16. The lowest BCUT2D eigenvalue weighted by molar-refractivity contribution is 0.0695. The van der Waals surface area contributed by atoms with Crippen molar-refractivity contribution in [3.8, 4) is 0 Å². The molecule has 0 atom stereocenters. The fourth-order valence-electron chi connectivity index (χ4n) is 1.16. The number of hydrogen-bond acceptors (Lipinski definition) is 4. The molecular weight excluding hydrogens is 184 g/mol. The largest absolute Gasteiger partial charge is 0.478 e. The lowest BCUT2D eigenvalue weighted by Crippen LogP contribution is -2.21. The molecule has 0 unspecified atom stereocenters. The maximum atomic E-state index is 10.7. The smallest absolute Gasteiger partial charge is 0.339 e. The maximum Gasteiger partial charge on any atom is 0.339 e. The highest BCUT2D eigenvalue weighted by atomic mass is 16.4. The summed E-state index contributed by atoms with van der Waals surface area (Å²) in [6, 6.07) is 1.53. The average Bonchev–Trinajstić information content (AvgIpc) is 2.47. The Hall–Kier alpha value is -1.33. The first-order chi connectivity index (χ1) is 6.65. The average molecular weight is 198 g/mol. The highest BCUT2D eigenvalue weighted by Gasteiger charge is 2.12. The Kier molecular flexibility index (Phi) is 3.67. The zero-order valence-electron chi connectivity index (χ0n) is 8.04. The summed E-state index contributed by atoms with van der Waals surface area (Å²) in [5, 5.41) is 11.8. The predicted octanol–water partition coefficient (Wildman–Crippen LogP) is 0.335. The van der Waals surface area contributed by atoms with Crippen LogP contribution in [0.5, 0.6) is 0 Å². The highest BCUT2D eigenvalue weighted by molar-refractivity contribution is 5.88. The number of rotatable bonds is 5. The molecule has 1 aromatic heterocycles. The minimum Gasteiger partial charge on any atom is -0.478 e. The molecule has 0 aromatic carbocycles. The van der Waals surface area contributed by atoms with Gasteiger partial charge in [0, 0.05) is 13.1 Å². The van der Waals surface area contributed by atoms with E-state index in [0.717, 1.165) is 0 Å². The van der Waals surface area contributed by atoms with Crippen molar-refractivity contribution < 1.29 is 14.3 Å². The first-order valence-electron chi connectivity index (χ1n) is 4.38. The zero-order chi connectivity index (χ0) is 10.6. The summed E-state index contributed by atoms with van der Waals surface area (Å²) in [7, 11) is 0. The van der Waals surface area contributed by atoms with E-state index in [2.05, 4.69) is 5.32 Å². The Morgan fingerprint density at radius 3 is 2.93 bits per heavy atom. The predicted molar refractivity (Wildman–Crippen MR) is 51.2 cm³/mol. The van der Waals surface area contributed by atoms with Crippen LogP contribution in [0.25, 0.3) is 0 Å². The quantitative estimate of drug-likeness (QED) is 0.593. The Morgan fingerprint density at radius 1 is 1.71 bits per heavy atom. The third-order valence-electron chi connectivity index (χ3n) is 1.82. The van der Waals surface area contributed by atoms with E-state index in [-0.39, 0.29) is 5.56 Å². The van der Waals surface area contributed by atoms with Gasteiger partial charge in [-0.3, -0.25) is 0 Å². The van der Waals surface area contributed by atoms with Gasteiger partial charge in [0.2, 0.25) is 0 Å². The molecule has 0 bridgehead atoms. The van der Waals surface area contributed by atoms with E-state index >= 15 is 0 Å². The van der Waals surface area contributed by atoms with Crippen LogP contribution in [0, 0.1) is 6.92 Å². The molecule has 0 spiro atoms. The van der Waals surface area contributed by atoms with Crippen molar-refractivity contribution in [2.24, 2.45) is 5.73 Å². The molecule has 4 N–H and O–H groups in total. The summed E-state index contributed by atoms with van der Waals surface area (Å²) in [4.78, 5) is 10.7. The molecule has 0 amide bonds. The summed E-state index contributed by atoms with van der Waals surface area (Å²) in [6.07, 6.45) is 0. The van der Waals surface area contributed by atoms with Crippen molar-refractivity contribution in [3.05, 3.63) is 23.2 Å². The number of carboxylic acid groups (broad SMARTS) is 1. The number of carbonyl (C=O) groups is 1. The van der Waals surface area contributed by atoms with Crippen LogP contribution in [-0.4, -0.2) is 24.2 Å². The molecule has 78 valence electrons. The molecule has 0 radical (unpaired) electrons. The van der Waals surface area contributed by atoms with Crippen molar-refractivity contribution in [3.63, 3.8) is 0 Å². The molecule has 0 saturated heterocycles. The van der Waals surface area contributed by atoms with Gasteiger partial charge in [0.1, 0.15) is 17.1 Å². The Morgan fingerprint density at radius 2 is 2.43 bits per heavy atom. The van der Waals surface area contributed by atoms with Crippen LogP contribution in [0.3, 0.4) is 0 Å². The van der Waals surface area contributed by atoms with Gasteiger partial charge in [-0.05, 0) is 13.0 Å². The van der Waals surface area contributed by atoms with Crippen LogP contribution < -0.4 is 11.1 Å². The van der Waals surface area contributed by atoms with Crippen molar-refractivity contribution in [1.29, 1.82) is 0 Å². The third kappa shape index (κ3) is 2.58. The number of furan rings is 1. The van der Waals surface area contributed by atoms with Gasteiger partial charge >= 0.3 is 5.97 Å². The van der Waals surface area contributed by atoms with E-state index in [0.29, 0.717) is 31.2 Å². The highest BCUT2D eigenvalue weighted by Crippen LogP contribution is 2.14. The molecule has 0 aliphatic heterocycles. The second kappa shape index (κ2) is 4.78. The van der Waals surface area contributed by atoms with Crippen molar-refractivity contribution >= 4 is 5.97 Å². The Labute approximate surface area is 81.9 Å². The summed E-state index contributed by atoms with van der Waals surface area (Å²) in [5.41, 5.74) is 5.51. The van der Waals surface area contributed by atoms with Gasteiger partial charge in [-0.2, -0.15) is 0 Å². The third-order valence-corrected chi connectivity index (χ3v) is 1.82. The standard InChI is InChI=1S/C9H14N2O3/c1-6-8(9(12)13)4-7(14-6)5-11-3-2-10/h4,11H,2-3,5,10H2,1H3,(H,12,13). The fraction of sp³-hybridized carbons (Fsp3) is 0.444. The number of aromatic carboxylic acids is 1. The number of carboxylic acids is 1.